The van der Waals surface area contributed by atoms with Crippen molar-refractivity contribution in [2.45, 2.75) is 31.8 Å². The number of aromatic amines is 1. The summed E-state index contributed by atoms with van der Waals surface area (Å²) in [6.45, 7) is 2.84. The normalized spacial score (nSPS) is 14.8. The minimum atomic E-state index is 0.0230. The first-order valence-corrected chi connectivity index (χ1v) is 10.9. The first kappa shape index (κ1) is 19.4. The number of nitrogens with zero attached hydrogens (tertiary/aromatic N) is 3. The summed E-state index contributed by atoms with van der Waals surface area (Å²) in [5, 5.41) is 8.65. The van der Waals surface area contributed by atoms with Gasteiger partial charge >= 0.3 is 6.03 Å². The second-order valence-corrected chi connectivity index (χ2v) is 8.23. The molecule has 6 heteroatoms. The average molecular weight is 414 g/mol. The first-order valence-electron chi connectivity index (χ1n) is 10.9. The van der Waals surface area contributed by atoms with E-state index in [4.69, 9.17) is 0 Å². The van der Waals surface area contributed by atoms with E-state index in [1.165, 1.54) is 22.0 Å². The Balaban J connectivity index is 1.14. The van der Waals surface area contributed by atoms with Gasteiger partial charge < -0.3 is 15.2 Å². The number of amides is 2. The van der Waals surface area contributed by atoms with E-state index in [0.717, 1.165) is 38.0 Å². The molecule has 1 aliphatic rings. The molecule has 2 aromatic heterocycles. The van der Waals surface area contributed by atoms with Crippen LogP contribution in [0.25, 0.3) is 10.9 Å². The zero-order valence-electron chi connectivity index (χ0n) is 17.5. The van der Waals surface area contributed by atoms with Crippen molar-refractivity contribution in [3.8, 4) is 0 Å². The zero-order valence-corrected chi connectivity index (χ0v) is 17.5. The third-order valence-electron chi connectivity index (χ3n) is 6.18. The number of rotatable bonds is 5. The molecule has 0 aliphatic carbocycles. The minimum absolute atomic E-state index is 0.0230. The Hall–Kier alpha value is -3.54. The van der Waals surface area contributed by atoms with Gasteiger partial charge in [-0.1, -0.05) is 42.5 Å². The Morgan fingerprint density at radius 1 is 1.06 bits per heavy atom. The lowest BCUT2D eigenvalue weighted by molar-refractivity contribution is 0.181. The Morgan fingerprint density at radius 3 is 2.74 bits per heavy atom. The third-order valence-corrected chi connectivity index (χ3v) is 6.18. The largest absolute Gasteiger partial charge is 0.361 e. The molecular weight excluding hydrogens is 386 g/mol. The number of carbonyl (C=O) groups is 1. The van der Waals surface area contributed by atoms with E-state index in [2.05, 4.69) is 64.1 Å². The fraction of sp³-hybridized carbons (Fsp3) is 0.280. The molecule has 1 aliphatic heterocycles. The highest BCUT2D eigenvalue weighted by Crippen LogP contribution is 2.33. The SMILES string of the molecule is O=C(NCc1cccc(Cn2cccn2)c1)N1CCC(c2c[nH]c3ccccc23)CC1. The molecule has 31 heavy (non-hydrogen) atoms. The van der Waals surface area contributed by atoms with Gasteiger partial charge in [-0.3, -0.25) is 4.68 Å². The van der Waals surface area contributed by atoms with Crippen molar-refractivity contribution >= 4 is 16.9 Å². The van der Waals surface area contributed by atoms with Crippen molar-refractivity contribution in [2.24, 2.45) is 0 Å². The number of hydrogen-bond acceptors (Lipinski definition) is 2. The highest BCUT2D eigenvalue weighted by Gasteiger charge is 2.25. The van der Waals surface area contributed by atoms with Gasteiger partial charge in [-0.2, -0.15) is 5.10 Å². The lowest BCUT2D eigenvalue weighted by atomic mass is 9.89. The van der Waals surface area contributed by atoms with Crippen LogP contribution in [0, 0.1) is 0 Å². The van der Waals surface area contributed by atoms with Crippen LogP contribution in [-0.2, 0) is 13.1 Å². The summed E-state index contributed by atoms with van der Waals surface area (Å²) in [6, 6.07) is 18.7. The Bertz CT molecular complexity index is 1160. The van der Waals surface area contributed by atoms with Gasteiger partial charge in [0.15, 0.2) is 0 Å². The molecule has 0 spiro atoms. The van der Waals surface area contributed by atoms with Crippen molar-refractivity contribution < 1.29 is 4.79 Å². The number of carbonyl (C=O) groups excluding carboxylic acids is 1. The van der Waals surface area contributed by atoms with Gasteiger partial charge in [0.25, 0.3) is 0 Å². The fourth-order valence-electron chi connectivity index (χ4n) is 4.53. The highest BCUT2D eigenvalue weighted by atomic mass is 16.2. The number of nitrogens with one attached hydrogen (secondary N) is 2. The van der Waals surface area contributed by atoms with E-state index >= 15 is 0 Å². The summed E-state index contributed by atoms with van der Waals surface area (Å²) in [4.78, 5) is 18.0. The van der Waals surface area contributed by atoms with E-state index in [9.17, 15) is 4.79 Å². The first-order chi connectivity index (χ1) is 15.3. The van der Waals surface area contributed by atoms with E-state index in [0.29, 0.717) is 12.5 Å². The predicted octanol–water partition coefficient (Wildman–Crippen LogP) is 4.50. The van der Waals surface area contributed by atoms with Crippen LogP contribution in [0.4, 0.5) is 4.79 Å². The van der Waals surface area contributed by atoms with Crippen LogP contribution in [-0.4, -0.2) is 38.8 Å². The molecular formula is C25H27N5O. The lowest BCUT2D eigenvalue weighted by Crippen LogP contribution is -2.43. The van der Waals surface area contributed by atoms with Gasteiger partial charge in [-0.05, 0) is 47.6 Å². The number of piperidine rings is 1. The maximum atomic E-state index is 12.7. The summed E-state index contributed by atoms with van der Waals surface area (Å²) >= 11 is 0. The predicted molar refractivity (Wildman–Crippen MR) is 122 cm³/mol. The van der Waals surface area contributed by atoms with Crippen LogP contribution in [0.1, 0.15) is 35.4 Å². The number of urea groups is 1. The van der Waals surface area contributed by atoms with Crippen LogP contribution >= 0.6 is 0 Å². The third kappa shape index (κ3) is 4.33. The van der Waals surface area contributed by atoms with Crippen molar-refractivity contribution in [2.75, 3.05) is 13.1 Å². The molecule has 4 aromatic rings. The molecule has 0 radical (unpaired) electrons. The number of benzene rings is 2. The Morgan fingerprint density at radius 2 is 1.90 bits per heavy atom. The van der Waals surface area contributed by atoms with Crippen LogP contribution < -0.4 is 5.32 Å². The fourth-order valence-corrected chi connectivity index (χ4v) is 4.53. The van der Waals surface area contributed by atoms with Gasteiger partial charge in [0.2, 0.25) is 0 Å². The highest BCUT2D eigenvalue weighted by molar-refractivity contribution is 5.83. The number of likely N-dealkylation sites (tertiary alicyclic amines) is 1. The van der Waals surface area contributed by atoms with E-state index in [-0.39, 0.29) is 6.03 Å². The van der Waals surface area contributed by atoms with E-state index in [1.54, 1.807) is 6.20 Å². The topological polar surface area (TPSA) is 66.0 Å². The molecule has 0 bridgehead atoms. The van der Waals surface area contributed by atoms with E-state index < -0.39 is 0 Å². The summed E-state index contributed by atoms with van der Waals surface area (Å²) < 4.78 is 1.90. The van der Waals surface area contributed by atoms with E-state index in [1.807, 2.05) is 27.9 Å². The summed E-state index contributed by atoms with van der Waals surface area (Å²) in [7, 11) is 0. The average Bonchev–Trinajstić information content (AvgIpc) is 3.48. The second kappa shape index (κ2) is 8.68. The standard InChI is InChI=1S/C25H27N5O/c31-25(27-16-19-5-3-6-20(15-19)18-30-12-4-11-28-30)29-13-9-21(10-14-29)23-17-26-24-8-2-1-7-22(23)24/h1-8,11-12,15,17,21,26H,9-10,13-14,16,18H2,(H,27,31). The van der Waals surface area contributed by atoms with Gasteiger partial charge in [0.1, 0.15) is 0 Å². The maximum absolute atomic E-state index is 12.7. The van der Waals surface area contributed by atoms with Crippen LogP contribution in [0.2, 0.25) is 0 Å². The lowest BCUT2D eigenvalue weighted by Gasteiger charge is -2.32. The van der Waals surface area contributed by atoms with Crippen molar-refractivity contribution in [1.29, 1.82) is 0 Å². The second-order valence-electron chi connectivity index (χ2n) is 8.23. The van der Waals surface area contributed by atoms with Crippen LogP contribution in [0.5, 0.6) is 0 Å². The number of aromatic nitrogens is 3. The minimum Gasteiger partial charge on any atom is -0.361 e. The molecule has 3 heterocycles. The molecule has 2 aromatic carbocycles. The number of H-pyrrole nitrogens is 1. The Labute approximate surface area is 181 Å². The molecule has 6 nitrogen and oxygen atoms in total. The molecule has 1 saturated heterocycles. The summed E-state index contributed by atoms with van der Waals surface area (Å²) in [5.41, 5.74) is 4.85. The van der Waals surface area contributed by atoms with Crippen molar-refractivity contribution in [3.63, 3.8) is 0 Å². The van der Waals surface area contributed by atoms with Gasteiger partial charge in [0, 0.05) is 49.1 Å². The summed E-state index contributed by atoms with van der Waals surface area (Å²) in [5.74, 6) is 0.499. The van der Waals surface area contributed by atoms with Gasteiger partial charge in [0.05, 0.1) is 6.54 Å². The van der Waals surface area contributed by atoms with Crippen molar-refractivity contribution in [1.82, 2.24) is 25.0 Å². The van der Waals surface area contributed by atoms with Crippen molar-refractivity contribution in [3.05, 3.63) is 89.9 Å². The van der Waals surface area contributed by atoms with Gasteiger partial charge in [-0.15, -0.1) is 0 Å². The number of hydrogen-bond donors (Lipinski definition) is 2. The molecule has 1 fully saturated rings. The van der Waals surface area contributed by atoms with Crippen LogP contribution in [0.15, 0.2) is 73.2 Å². The quantitative estimate of drug-likeness (QED) is 0.506. The molecule has 2 N–H and O–H groups in total. The molecule has 2 amide bonds. The maximum Gasteiger partial charge on any atom is 0.317 e. The number of fused-ring (bicyclic) bond motifs is 1. The smallest absolute Gasteiger partial charge is 0.317 e. The monoisotopic (exact) mass is 413 g/mol. The molecule has 158 valence electrons. The molecule has 5 rings (SSSR count). The molecule has 0 atom stereocenters. The Kier molecular flexibility index (Phi) is 5.44. The van der Waals surface area contributed by atoms with Crippen LogP contribution in [0.3, 0.4) is 0 Å². The zero-order chi connectivity index (χ0) is 21.0. The summed E-state index contributed by atoms with van der Waals surface area (Å²) in [6.07, 6.45) is 7.87. The van der Waals surface area contributed by atoms with Gasteiger partial charge in [-0.25, -0.2) is 4.79 Å². The number of para-hydroxylation sites is 1. The molecule has 0 unspecified atom stereocenters. The molecule has 0 saturated carbocycles.